The third-order valence-electron chi connectivity index (χ3n) is 4.19. The summed E-state index contributed by atoms with van der Waals surface area (Å²) in [6.07, 6.45) is 0.700. The lowest BCUT2D eigenvalue weighted by molar-refractivity contribution is 0.174. The van der Waals surface area contributed by atoms with Crippen molar-refractivity contribution in [3.8, 4) is 17.2 Å². The molecule has 26 heavy (non-hydrogen) atoms. The number of hydrogen-bond donors (Lipinski definition) is 0. The van der Waals surface area contributed by atoms with Gasteiger partial charge in [0.1, 0.15) is 17.9 Å². The van der Waals surface area contributed by atoms with E-state index in [0.717, 1.165) is 16.5 Å². The molecule has 0 unspecified atom stereocenters. The smallest absolute Gasteiger partial charge is 0.336 e. The normalized spacial score (nSPS) is 12.6. The van der Waals surface area contributed by atoms with E-state index in [9.17, 15) is 4.79 Å². The molecular weight excluding hydrogens is 379 g/mol. The molecule has 2 heterocycles. The van der Waals surface area contributed by atoms with Gasteiger partial charge < -0.3 is 18.6 Å². The van der Waals surface area contributed by atoms with Crippen molar-refractivity contribution < 1.29 is 18.6 Å². The van der Waals surface area contributed by atoms with Crippen LogP contribution in [0.3, 0.4) is 0 Å². The highest BCUT2D eigenvalue weighted by Crippen LogP contribution is 2.38. The van der Waals surface area contributed by atoms with E-state index in [0.29, 0.717) is 39.3 Å². The van der Waals surface area contributed by atoms with Crippen LogP contribution in [0.1, 0.15) is 18.1 Å². The molecule has 0 spiro atoms. The summed E-state index contributed by atoms with van der Waals surface area (Å²) >= 11 is 12.6. The van der Waals surface area contributed by atoms with Gasteiger partial charge in [0.05, 0.1) is 10.0 Å². The maximum absolute atomic E-state index is 11.7. The zero-order valence-electron chi connectivity index (χ0n) is 13.8. The van der Waals surface area contributed by atoms with Crippen molar-refractivity contribution in [3.63, 3.8) is 0 Å². The van der Waals surface area contributed by atoms with Crippen molar-refractivity contribution in [1.29, 1.82) is 0 Å². The van der Waals surface area contributed by atoms with E-state index >= 15 is 0 Å². The van der Waals surface area contributed by atoms with E-state index in [2.05, 4.69) is 0 Å². The van der Waals surface area contributed by atoms with Gasteiger partial charge in [-0.15, -0.1) is 0 Å². The molecule has 0 N–H and O–H groups in total. The third-order valence-corrected chi connectivity index (χ3v) is 4.84. The fourth-order valence-electron chi connectivity index (χ4n) is 2.86. The lowest BCUT2D eigenvalue weighted by Gasteiger charge is -2.12. The Morgan fingerprint density at radius 1 is 1.00 bits per heavy atom. The summed E-state index contributed by atoms with van der Waals surface area (Å²) in [4.78, 5) is 11.7. The van der Waals surface area contributed by atoms with Gasteiger partial charge in [-0.2, -0.15) is 0 Å². The highest BCUT2D eigenvalue weighted by atomic mass is 35.5. The van der Waals surface area contributed by atoms with Gasteiger partial charge in [0.25, 0.3) is 0 Å². The van der Waals surface area contributed by atoms with E-state index < -0.39 is 5.63 Å². The van der Waals surface area contributed by atoms with Crippen molar-refractivity contribution in [2.24, 2.45) is 0 Å². The first-order valence-electron chi connectivity index (χ1n) is 8.02. The molecule has 0 atom stereocenters. The zero-order chi connectivity index (χ0) is 18.3. The second-order valence-electron chi connectivity index (χ2n) is 5.81. The standard InChI is InChI=1S/C19H14Cl2O5/c1-2-10-4-19(22)26-15-7-16(14(21)5-12(10)15)23-8-11-3-17-18(6-13(11)20)25-9-24-17/h3-7H,2,8-9H2,1H3. The van der Waals surface area contributed by atoms with E-state index in [-0.39, 0.29) is 13.4 Å². The lowest BCUT2D eigenvalue weighted by atomic mass is 10.1. The van der Waals surface area contributed by atoms with E-state index in [4.69, 9.17) is 41.8 Å². The second-order valence-corrected chi connectivity index (χ2v) is 6.62. The first-order chi connectivity index (χ1) is 12.5. The Hall–Kier alpha value is -2.37. The van der Waals surface area contributed by atoms with Crippen LogP contribution < -0.4 is 19.8 Å². The minimum atomic E-state index is -0.401. The van der Waals surface area contributed by atoms with E-state index in [1.54, 1.807) is 24.3 Å². The molecule has 4 rings (SSSR count). The van der Waals surface area contributed by atoms with Gasteiger partial charge in [-0.25, -0.2) is 4.79 Å². The number of halogens is 2. The molecule has 0 radical (unpaired) electrons. The molecular formula is C19H14Cl2O5. The Balaban J connectivity index is 1.66. The molecule has 0 aliphatic carbocycles. The quantitative estimate of drug-likeness (QED) is 0.586. The van der Waals surface area contributed by atoms with Crippen LogP contribution in [0, 0.1) is 0 Å². The van der Waals surface area contributed by atoms with Crippen molar-refractivity contribution in [3.05, 3.63) is 61.9 Å². The molecule has 0 bridgehead atoms. The van der Waals surface area contributed by atoms with E-state index in [1.165, 1.54) is 6.07 Å². The molecule has 5 nitrogen and oxygen atoms in total. The summed E-state index contributed by atoms with van der Waals surface area (Å²) in [6.45, 7) is 2.32. The number of rotatable bonds is 4. The SMILES string of the molecule is CCc1cc(=O)oc2cc(OCc3cc4c(cc3Cl)OCO4)c(Cl)cc12. The second kappa shape index (κ2) is 6.74. The topological polar surface area (TPSA) is 57.9 Å². The zero-order valence-corrected chi connectivity index (χ0v) is 15.3. The van der Waals surface area contributed by atoms with Gasteiger partial charge >= 0.3 is 5.63 Å². The van der Waals surface area contributed by atoms with E-state index in [1.807, 2.05) is 6.92 Å². The Bertz CT molecular complexity index is 1060. The Morgan fingerprint density at radius 3 is 2.54 bits per heavy atom. The predicted octanol–water partition coefficient (Wildman–Crippen LogP) is 4.97. The summed E-state index contributed by atoms with van der Waals surface area (Å²) in [6, 6.07) is 8.31. The first kappa shape index (κ1) is 17.1. The van der Waals surface area contributed by atoms with Gasteiger partial charge in [0.2, 0.25) is 6.79 Å². The molecule has 0 amide bonds. The fraction of sp³-hybridized carbons (Fsp3) is 0.211. The van der Waals surface area contributed by atoms with Gasteiger partial charge in [-0.1, -0.05) is 30.1 Å². The minimum absolute atomic E-state index is 0.172. The van der Waals surface area contributed by atoms with Crippen LogP contribution in [0.4, 0.5) is 0 Å². The van der Waals surface area contributed by atoms with Crippen LogP contribution in [0.15, 0.2) is 39.5 Å². The number of hydrogen-bond acceptors (Lipinski definition) is 5. The Labute approximate surface area is 159 Å². The summed E-state index contributed by atoms with van der Waals surface area (Å²) in [5.74, 6) is 1.64. The predicted molar refractivity (Wildman–Crippen MR) is 98.8 cm³/mol. The van der Waals surface area contributed by atoms with Gasteiger partial charge in [-0.05, 0) is 24.1 Å². The summed E-state index contributed by atoms with van der Waals surface area (Å²) in [5, 5.41) is 1.73. The number of aryl methyl sites for hydroxylation is 1. The number of fused-ring (bicyclic) bond motifs is 2. The first-order valence-corrected chi connectivity index (χ1v) is 8.78. The van der Waals surface area contributed by atoms with Crippen LogP contribution in [0.5, 0.6) is 17.2 Å². The summed E-state index contributed by atoms with van der Waals surface area (Å²) in [5.41, 5.74) is 1.64. The van der Waals surface area contributed by atoms with Crippen LogP contribution in [0.25, 0.3) is 11.0 Å². The van der Waals surface area contributed by atoms with Crippen LogP contribution in [-0.2, 0) is 13.0 Å². The van der Waals surface area contributed by atoms with Crippen molar-refractivity contribution in [2.75, 3.05) is 6.79 Å². The van der Waals surface area contributed by atoms with Crippen LogP contribution >= 0.6 is 23.2 Å². The van der Waals surface area contributed by atoms with Gasteiger partial charge in [-0.3, -0.25) is 0 Å². The fourth-order valence-corrected chi connectivity index (χ4v) is 3.28. The molecule has 0 saturated carbocycles. The molecule has 7 heteroatoms. The third kappa shape index (κ3) is 3.08. The van der Waals surface area contributed by atoms with Gasteiger partial charge in [0, 0.05) is 29.1 Å². The van der Waals surface area contributed by atoms with Crippen molar-refractivity contribution in [2.45, 2.75) is 20.0 Å². The highest BCUT2D eigenvalue weighted by molar-refractivity contribution is 6.33. The van der Waals surface area contributed by atoms with Crippen LogP contribution in [-0.4, -0.2) is 6.79 Å². The van der Waals surface area contributed by atoms with Crippen molar-refractivity contribution >= 4 is 34.2 Å². The molecule has 3 aromatic rings. The largest absolute Gasteiger partial charge is 0.487 e. The molecule has 1 aliphatic heterocycles. The average molecular weight is 393 g/mol. The van der Waals surface area contributed by atoms with Crippen LogP contribution in [0.2, 0.25) is 10.0 Å². The summed E-state index contributed by atoms with van der Waals surface area (Å²) < 4.78 is 21.7. The Kier molecular flexibility index (Phi) is 4.42. The molecule has 2 aromatic carbocycles. The molecule has 0 fully saturated rings. The summed E-state index contributed by atoms with van der Waals surface area (Å²) in [7, 11) is 0. The lowest BCUT2D eigenvalue weighted by Crippen LogP contribution is -2.01. The highest BCUT2D eigenvalue weighted by Gasteiger charge is 2.17. The minimum Gasteiger partial charge on any atom is -0.487 e. The monoisotopic (exact) mass is 392 g/mol. The maximum Gasteiger partial charge on any atom is 0.336 e. The number of benzene rings is 2. The Morgan fingerprint density at radius 2 is 1.77 bits per heavy atom. The van der Waals surface area contributed by atoms with Crippen molar-refractivity contribution in [1.82, 2.24) is 0 Å². The molecule has 0 saturated heterocycles. The molecule has 134 valence electrons. The molecule has 1 aliphatic rings. The molecule has 1 aromatic heterocycles. The average Bonchev–Trinajstić information content (AvgIpc) is 3.06. The maximum atomic E-state index is 11.7. The van der Waals surface area contributed by atoms with Gasteiger partial charge in [0.15, 0.2) is 11.5 Å². The number of ether oxygens (including phenoxy) is 3.